The van der Waals surface area contributed by atoms with Gasteiger partial charge in [0.15, 0.2) is 6.61 Å². The molecular weight excluding hydrogens is 538 g/mol. The Kier molecular flexibility index (Phi) is 8.47. The van der Waals surface area contributed by atoms with Crippen LogP contribution in [0.3, 0.4) is 0 Å². The smallest absolute Gasteiger partial charge is 0.402 e. The number of hydrogen-bond acceptors (Lipinski definition) is 8. The highest BCUT2D eigenvalue weighted by molar-refractivity contribution is 7.86. The monoisotopic (exact) mass is 580 g/mol. The van der Waals surface area contributed by atoms with Crippen molar-refractivity contribution in [1.29, 1.82) is 0 Å². The van der Waals surface area contributed by atoms with E-state index >= 15 is 0 Å². The third-order valence-electron chi connectivity index (χ3n) is 11.3. The lowest BCUT2D eigenvalue weighted by Crippen LogP contribution is -2.62. The fourth-order valence-corrected chi connectivity index (χ4v) is 9.44. The van der Waals surface area contributed by atoms with E-state index in [2.05, 4.69) is 18.6 Å². The van der Waals surface area contributed by atoms with Gasteiger partial charge < -0.3 is 19.7 Å². The van der Waals surface area contributed by atoms with Crippen molar-refractivity contribution in [2.45, 2.75) is 102 Å². The molecular formula is C27H42F2O9S. The maximum absolute atomic E-state index is 13.4. The molecule has 0 aliphatic heterocycles. The summed E-state index contributed by atoms with van der Waals surface area (Å²) in [6, 6.07) is 0. The highest BCUT2D eigenvalue weighted by Crippen LogP contribution is 2.68. The third kappa shape index (κ3) is 5.35. The predicted molar refractivity (Wildman–Crippen MR) is 135 cm³/mol. The first-order chi connectivity index (χ1) is 18.1. The molecule has 9 nitrogen and oxygen atoms in total. The summed E-state index contributed by atoms with van der Waals surface area (Å²) in [7, 11) is -5.69. The molecule has 0 aromatic heterocycles. The van der Waals surface area contributed by atoms with Gasteiger partial charge in [-0.1, -0.05) is 20.8 Å². The molecule has 3 N–H and O–H groups in total. The van der Waals surface area contributed by atoms with Crippen molar-refractivity contribution in [3.63, 3.8) is 0 Å². The summed E-state index contributed by atoms with van der Waals surface area (Å²) in [5.41, 5.74) is -0.520. The van der Waals surface area contributed by atoms with E-state index in [1.165, 1.54) is 0 Å². The zero-order valence-corrected chi connectivity index (χ0v) is 23.6. The number of halogens is 2. The van der Waals surface area contributed by atoms with Crippen molar-refractivity contribution in [2.24, 2.45) is 46.3 Å². The topological polar surface area (TPSA) is 147 Å². The Labute approximate surface area is 228 Å². The second kappa shape index (κ2) is 10.8. The molecule has 224 valence electrons. The number of hydrogen-bond donors (Lipinski definition) is 3. The van der Waals surface area contributed by atoms with Crippen LogP contribution in [-0.4, -0.2) is 65.8 Å². The number of esters is 1. The highest BCUT2D eigenvalue weighted by atomic mass is 32.2. The second-order valence-corrected chi connectivity index (χ2v) is 14.6. The van der Waals surface area contributed by atoms with Crippen LogP contribution in [0.5, 0.6) is 0 Å². The van der Waals surface area contributed by atoms with Crippen LogP contribution < -0.4 is 0 Å². The first-order valence-electron chi connectivity index (χ1n) is 14.0. The number of aliphatic hydroxyl groups excluding tert-OH is 2. The maximum Gasteiger partial charge on any atom is 0.402 e. The molecule has 1 unspecified atom stereocenters. The van der Waals surface area contributed by atoms with Gasteiger partial charge in [0.25, 0.3) is 6.47 Å². The Bertz CT molecular complexity index is 1040. The Hall–Kier alpha value is -1.37. The van der Waals surface area contributed by atoms with E-state index in [0.717, 1.165) is 25.7 Å². The summed E-state index contributed by atoms with van der Waals surface area (Å²) in [6.45, 7) is 5.06. The normalized spacial score (nSPS) is 43.0. The SMILES string of the molecule is C[C@H](CCC(=O)OCC(F)(F)S(=O)(=O)O)[C@H]1CC[C@H]2[C@@H]3[C@H](O)CC4C[C@H](O)CC[C@]4(C)[C@H]3C[C@H](OC=O)[C@]12C. The summed E-state index contributed by atoms with van der Waals surface area (Å²) in [5, 5.41) is 17.2. The molecule has 0 heterocycles. The number of aliphatic hydroxyl groups is 2. The largest absolute Gasteiger partial charge is 0.464 e. The first-order valence-corrected chi connectivity index (χ1v) is 15.5. The van der Waals surface area contributed by atoms with Gasteiger partial charge in [-0.15, -0.1) is 0 Å². The van der Waals surface area contributed by atoms with Crippen molar-refractivity contribution < 1.29 is 51.0 Å². The first kappa shape index (κ1) is 30.6. The molecule has 4 aliphatic rings. The molecule has 4 aliphatic carbocycles. The number of ether oxygens (including phenoxy) is 2. The molecule has 4 rings (SSSR count). The average Bonchev–Trinajstić information content (AvgIpc) is 3.20. The van der Waals surface area contributed by atoms with Crippen molar-refractivity contribution in [3.05, 3.63) is 0 Å². The van der Waals surface area contributed by atoms with Crippen LogP contribution >= 0.6 is 0 Å². The van der Waals surface area contributed by atoms with E-state index in [1.807, 2.05) is 6.92 Å². The summed E-state index contributed by atoms with van der Waals surface area (Å²) in [4.78, 5) is 23.8. The molecule has 11 atom stereocenters. The van der Waals surface area contributed by atoms with Gasteiger partial charge in [-0.05, 0) is 92.3 Å². The van der Waals surface area contributed by atoms with Crippen LogP contribution in [0.4, 0.5) is 8.78 Å². The molecule has 0 radical (unpaired) electrons. The Morgan fingerprint density at radius 1 is 1.13 bits per heavy atom. The number of alkyl halides is 2. The number of carbonyl (C=O) groups excluding carboxylic acids is 2. The van der Waals surface area contributed by atoms with Gasteiger partial charge in [0, 0.05) is 11.8 Å². The highest BCUT2D eigenvalue weighted by Gasteiger charge is 2.66. The zero-order valence-electron chi connectivity index (χ0n) is 22.8. The minimum Gasteiger partial charge on any atom is -0.464 e. The van der Waals surface area contributed by atoms with Crippen molar-refractivity contribution in [2.75, 3.05) is 6.61 Å². The molecule has 0 bridgehead atoms. The van der Waals surface area contributed by atoms with Crippen LogP contribution in [0.15, 0.2) is 0 Å². The van der Waals surface area contributed by atoms with Crippen LogP contribution in [0.2, 0.25) is 0 Å². The standard InChI is InChI=1S/C27H42F2O9S/c1-15(4-7-23(33)37-13-27(28,29)39(34,35)36)18-5-6-19-24-20(12-22(38-14-30)26(18,19)3)25(2)9-8-17(31)10-16(25)11-21(24)32/h14-22,24,31-32H,4-13H2,1-3H3,(H,34,35,36)/t15-,16?,17-,18-,19+,20+,21-,22+,24+,25+,26-/m1/s1. The predicted octanol–water partition coefficient (Wildman–Crippen LogP) is 3.57. The van der Waals surface area contributed by atoms with E-state index in [0.29, 0.717) is 32.2 Å². The Balaban J connectivity index is 1.49. The molecule has 4 fully saturated rings. The maximum atomic E-state index is 13.4. The van der Waals surface area contributed by atoms with Gasteiger partial charge in [-0.2, -0.15) is 17.2 Å². The van der Waals surface area contributed by atoms with Gasteiger partial charge in [0.1, 0.15) is 6.10 Å². The molecule has 0 spiro atoms. The van der Waals surface area contributed by atoms with Crippen molar-refractivity contribution in [1.82, 2.24) is 0 Å². The van der Waals surface area contributed by atoms with Crippen LogP contribution in [0.1, 0.15) is 78.6 Å². The summed E-state index contributed by atoms with van der Waals surface area (Å²) >= 11 is 0. The minimum absolute atomic E-state index is 0.0304. The lowest BCUT2D eigenvalue weighted by atomic mass is 9.43. The van der Waals surface area contributed by atoms with Gasteiger partial charge >= 0.3 is 21.3 Å². The molecule has 12 heteroatoms. The molecule has 4 saturated carbocycles. The fourth-order valence-electron chi connectivity index (χ4n) is 9.23. The Morgan fingerprint density at radius 3 is 2.46 bits per heavy atom. The van der Waals surface area contributed by atoms with Gasteiger partial charge in [-0.3, -0.25) is 14.1 Å². The van der Waals surface area contributed by atoms with Crippen LogP contribution in [0.25, 0.3) is 0 Å². The molecule has 39 heavy (non-hydrogen) atoms. The summed E-state index contributed by atoms with van der Waals surface area (Å²) in [5.74, 6) is -0.555. The van der Waals surface area contributed by atoms with E-state index in [-0.39, 0.29) is 59.6 Å². The fraction of sp³-hybridized carbons (Fsp3) is 0.926. The quantitative estimate of drug-likeness (QED) is 0.212. The molecule has 0 amide bonds. The minimum atomic E-state index is -5.69. The van der Waals surface area contributed by atoms with E-state index in [4.69, 9.17) is 9.29 Å². The lowest BCUT2D eigenvalue weighted by Gasteiger charge is -2.63. The van der Waals surface area contributed by atoms with E-state index in [9.17, 15) is 37.0 Å². The van der Waals surface area contributed by atoms with E-state index in [1.54, 1.807) is 0 Å². The zero-order chi connectivity index (χ0) is 29.0. The van der Waals surface area contributed by atoms with Gasteiger partial charge in [0.05, 0.1) is 12.2 Å². The lowest BCUT2D eigenvalue weighted by molar-refractivity contribution is -0.213. The number of carbonyl (C=O) groups is 2. The Morgan fingerprint density at radius 2 is 1.82 bits per heavy atom. The van der Waals surface area contributed by atoms with Gasteiger partial charge in [-0.25, -0.2) is 0 Å². The second-order valence-electron chi connectivity index (χ2n) is 13.0. The summed E-state index contributed by atoms with van der Waals surface area (Å²) in [6.07, 6.45) is 3.97. The van der Waals surface area contributed by atoms with Gasteiger partial charge in [0.2, 0.25) is 0 Å². The summed E-state index contributed by atoms with van der Waals surface area (Å²) < 4.78 is 67.1. The number of rotatable bonds is 9. The average molecular weight is 581 g/mol. The molecule has 0 saturated heterocycles. The molecule has 0 aromatic rings. The van der Waals surface area contributed by atoms with Crippen molar-refractivity contribution in [3.8, 4) is 0 Å². The number of fused-ring (bicyclic) bond motifs is 5. The van der Waals surface area contributed by atoms with Crippen LogP contribution in [0, 0.1) is 46.3 Å². The van der Waals surface area contributed by atoms with Crippen molar-refractivity contribution >= 4 is 22.6 Å². The van der Waals surface area contributed by atoms with Crippen LogP contribution in [-0.2, 0) is 29.2 Å². The third-order valence-corrected chi connectivity index (χ3v) is 12.2. The van der Waals surface area contributed by atoms with E-state index < -0.39 is 39.5 Å². The molecule has 0 aromatic carbocycles.